The van der Waals surface area contributed by atoms with Crippen LogP contribution in [0.4, 0.5) is 16.4 Å². The van der Waals surface area contributed by atoms with Crippen molar-refractivity contribution in [3.63, 3.8) is 0 Å². The predicted octanol–water partition coefficient (Wildman–Crippen LogP) is 2.16. The highest BCUT2D eigenvalue weighted by molar-refractivity contribution is 7.14. The summed E-state index contributed by atoms with van der Waals surface area (Å²) in [5, 5.41) is 2.72. The number of hydrogen-bond acceptors (Lipinski definition) is 4. The molecule has 4 heteroatoms. The van der Waals surface area contributed by atoms with E-state index in [0.29, 0.717) is 11.4 Å². The molecular formula is C10H11N3S. The molecule has 0 radical (unpaired) electrons. The first-order valence-electron chi connectivity index (χ1n) is 4.17. The first kappa shape index (κ1) is 8.90. The Morgan fingerprint density at radius 1 is 1.00 bits per heavy atom. The lowest BCUT2D eigenvalue weighted by Gasteiger charge is -2.06. The molecule has 0 aliphatic carbocycles. The molecule has 0 saturated carbocycles. The molecule has 0 atom stereocenters. The molecule has 1 aromatic heterocycles. The van der Waals surface area contributed by atoms with Gasteiger partial charge in [-0.3, -0.25) is 0 Å². The summed E-state index contributed by atoms with van der Waals surface area (Å²) in [6.07, 6.45) is 0. The first-order valence-corrected chi connectivity index (χ1v) is 5.05. The molecule has 0 bridgehead atoms. The van der Waals surface area contributed by atoms with E-state index in [1.165, 1.54) is 11.3 Å². The maximum absolute atomic E-state index is 5.85. The molecule has 0 saturated heterocycles. The maximum Gasteiger partial charge on any atom is 0.0862 e. The van der Waals surface area contributed by atoms with Crippen LogP contribution >= 0.6 is 11.3 Å². The monoisotopic (exact) mass is 205 g/mol. The first-order chi connectivity index (χ1) is 6.68. The Morgan fingerprint density at radius 2 is 1.64 bits per heavy atom. The fourth-order valence-corrected chi connectivity index (χ4v) is 2.05. The molecule has 3 nitrogen and oxygen atoms in total. The summed E-state index contributed by atoms with van der Waals surface area (Å²) in [7, 11) is 0. The van der Waals surface area contributed by atoms with Gasteiger partial charge in [-0.25, -0.2) is 0 Å². The quantitative estimate of drug-likeness (QED) is 0.624. The Morgan fingerprint density at radius 3 is 2.14 bits per heavy atom. The summed E-state index contributed by atoms with van der Waals surface area (Å²) in [6, 6.07) is 7.38. The molecule has 72 valence electrons. The largest absolute Gasteiger partial charge is 0.398 e. The molecule has 2 aromatic rings. The molecule has 6 N–H and O–H groups in total. The smallest absolute Gasteiger partial charge is 0.0862 e. The summed E-state index contributed by atoms with van der Waals surface area (Å²) in [6.45, 7) is 0. The minimum atomic E-state index is 0.683. The van der Waals surface area contributed by atoms with Gasteiger partial charge in [0.05, 0.1) is 5.00 Å². The van der Waals surface area contributed by atoms with Crippen LogP contribution in [0.15, 0.2) is 29.6 Å². The molecule has 0 aliphatic heterocycles. The second-order valence-corrected chi connectivity index (χ2v) is 3.99. The van der Waals surface area contributed by atoms with Gasteiger partial charge in [-0.1, -0.05) is 6.07 Å². The number of nitrogens with two attached hydrogens (primary N) is 3. The van der Waals surface area contributed by atoms with Gasteiger partial charge in [-0.05, 0) is 23.8 Å². The predicted molar refractivity (Wildman–Crippen MR) is 63.0 cm³/mol. The van der Waals surface area contributed by atoms with E-state index in [2.05, 4.69) is 0 Å². The molecule has 0 fully saturated rings. The molecular weight excluding hydrogens is 194 g/mol. The third-order valence-electron chi connectivity index (χ3n) is 2.04. The van der Waals surface area contributed by atoms with Crippen molar-refractivity contribution in [3.8, 4) is 11.1 Å². The van der Waals surface area contributed by atoms with Crippen molar-refractivity contribution < 1.29 is 0 Å². The zero-order valence-electron chi connectivity index (χ0n) is 7.53. The van der Waals surface area contributed by atoms with E-state index in [-0.39, 0.29) is 0 Å². The van der Waals surface area contributed by atoms with Crippen LogP contribution in [0.3, 0.4) is 0 Å². The van der Waals surface area contributed by atoms with Crippen LogP contribution in [0.25, 0.3) is 11.1 Å². The Labute approximate surface area is 86.1 Å². The lowest BCUT2D eigenvalue weighted by atomic mass is 10.1. The van der Waals surface area contributed by atoms with E-state index in [4.69, 9.17) is 17.2 Å². The van der Waals surface area contributed by atoms with Crippen molar-refractivity contribution in [2.45, 2.75) is 0 Å². The van der Waals surface area contributed by atoms with Gasteiger partial charge < -0.3 is 17.2 Å². The molecule has 14 heavy (non-hydrogen) atoms. The molecule has 0 spiro atoms. The standard InChI is InChI=1S/C10H11N3S/c11-7-2-1-3-8(12)10(7)6-4-9(13)14-5-6/h1-5H,11-13H2. The second-order valence-electron chi connectivity index (χ2n) is 3.05. The van der Waals surface area contributed by atoms with E-state index in [1.54, 1.807) is 0 Å². The van der Waals surface area contributed by atoms with Crippen molar-refractivity contribution in [3.05, 3.63) is 29.6 Å². The van der Waals surface area contributed by atoms with E-state index in [1.807, 2.05) is 29.6 Å². The normalized spacial score (nSPS) is 10.3. The molecule has 1 heterocycles. The minimum absolute atomic E-state index is 0.683. The van der Waals surface area contributed by atoms with Crippen molar-refractivity contribution in [1.82, 2.24) is 0 Å². The number of anilines is 3. The number of thiophene rings is 1. The van der Waals surface area contributed by atoms with E-state index >= 15 is 0 Å². The SMILES string of the molecule is Nc1cc(-c2c(N)cccc2N)cs1. The second kappa shape index (κ2) is 3.23. The Bertz CT molecular complexity index is 442. The van der Waals surface area contributed by atoms with Gasteiger partial charge in [0.1, 0.15) is 0 Å². The molecule has 1 aromatic carbocycles. The molecule has 0 unspecified atom stereocenters. The lowest BCUT2D eigenvalue weighted by molar-refractivity contribution is 1.64. The molecule has 2 rings (SSSR count). The van der Waals surface area contributed by atoms with Gasteiger partial charge in [0.15, 0.2) is 0 Å². The van der Waals surface area contributed by atoms with Crippen LogP contribution in [0.1, 0.15) is 0 Å². The van der Waals surface area contributed by atoms with Crippen LogP contribution in [0.2, 0.25) is 0 Å². The average Bonchev–Trinajstić information content (AvgIpc) is 2.51. The van der Waals surface area contributed by atoms with Gasteiger partial charge in [0, 0.05) is 22.3 Å². The highest BCUT2D eigenvalue weighted by Gasteiger charge is 2.07. The van der Waals surface area contributed by atoms with Crippen LogP contribution in [0.5, 0.6) is 0 Å². The van der Waals surface area contributed by atoms with Crippen molar-refractivity contribution in [2.24, 2.45) is 0 Å². The van der Waals surface area contributed by atoms with Crippen LogP contribution in [0, 0.1) is 0 Å². The number of rotatable bonds is 1. The Hall–Kier alpha value is -1.68. The average molecular weight is 205 g/mol. The van der Waals surface area contributed by atoms with Gasteiger partial charge in [0.2, 0.25) is 0 Å². The van der Waals surface area contributed by atoms with E-state index in [0.717, 1.165) is 16.1 Å². The van der Waals surface area contributed by atoms with Crippen molar-refractivity contribution >= 4 is 27.7 Å². The van der Waals surface area contributed by atoms with Gasteiger partial charge in [-0.2, -0.15) is 0 Å². The summed E-state index contributed by atoms with van der Waals surface area (Å²) in [5.74, 6) is 0. The van der Waals surface area contributed by atoms with Crippen molar-refractivity contribution in [2.75, 3.05) is 17.2 Å². The summed E-state index contributed by atoms with van der Waals surface area (Å²) >= 11 is 1.48. The van der Waals surface area contributed by atoms with Crippen LogP contribution < -0.4 is 17.2 Å². The lowest BCUT2D eigenvalue weighted by Crippen LogP contribution is -1.94. The van der Waals surface area contributed by atoms with Gasteiger partial charge in [-0.15, -0.1) is 11.3 Å². The van der Waals surface area contributed by atoms with Gasteiger partial charge in [0.25, 0.3) is 0 Å². The maximum atomic E-state index is 5.85. The number of hydrogen-bond donors (Lipinski definition) is 3. The Balaban J connectivity index is 2.61. The fourth-order valence-electron chi connectivity index (χ4n) is 1.41. The fraction of sp³-hybridized carbons (Fsp3) is 0. The molecule has 0 aliphatic rings. The van der Waals surface area contributed by atoms with Crippen LogP contribution in [-0.2, 0) is 0 Å². The third-order valence-corrected chi connectivity index (χ3v) is 2.80. The zero-order chi connectivity index (χ0) is 10.1. The highest BCUT2D eigenvalue weighted by atomic mass is 32.1. The van der Waals surface area contributed by atoms with E-state index in [9.17, 15) is 0 Å². The summed E-state index contributed by atoms with van der Waals surface area (Å²) in [5.41, 5.74) is 20.6. The summed E-state index contributed by atoms with van der Waals surface area (Å²) < 4.78 is 0. The number of nitrogen functional groups attached to an aromatic ring is 3. The Kier molecular flexibility index (Phi) is 2.05. The highest BCUT2D eigenvalue weighted by Crippen LogP contribution is 2.35. The van der Waals surface area contributed by atoms with E-state index < -0.39 is 0 Å². The number of benzene rings is 1. The van der Waals surface area contributed by atoms with Gasteiger partial charge >= 0.3 is 0 Å². The van der Waals surface area contributed by atoms with Crippen molar-refractivity contribution in [1.29, 1.82) is 0 Å². The molecule has 0 amide bonds. The summed E-state index contributed by atoms with van der Waals surface area (Å²) in [4.78, 5) is 0. The topological polar surface area (TPSA) is 78.1 Å². The van der Waals surface area contributed by atoms with Crippen LogP contribution in [-0.4, -0.2) is 0 Å². The minimum Gasteiger partial charge on any atom is -0.398 e. The third kappa shape index (κ3) is 1.40. The zero-order valence-corrected chi connectivity index (χ0v) is 8.34.